The molecule has 0 spiro atoms. The highest BCUT2D eigenvalue weighted by Gasteiger charge is 2.12. The van der Waals surface area contributed by atoms with Gasteiger partial charge in [-0.15, -0.1) is 0 Å². The second kappa shape index (κ2) is 4.68. The summed E-state index contributed by atoms with van der Waals surface area (Å²) in [5.74, 6) is 0. The van der Waals surface area contributed by atoms with Crippen LogP contribution in [0.2, 0.25) is 0 Å². The molecule has 0 aliphatic heterocycles. The molecule has 0 heterocycles. The van der Waals surface area contributed by atoms with Crippen LogP contribution in [-0.4, -0.2) is 5.11 Å². The summed E-state index contributed by atoms with van der Waals surface area (Å²) in [5, 5.41) is 10.2. The SMILES string of the molecule is Nc1ccccc1C(O)c1cccc(Br)c1. The van der Waals surface area contributed by atoms with Crippen molar-refractivity contribution in [2.45, 2.75) is 6.10 Å². The number of aliphatic hydroxyl groups is 1. The predicted molar refractivity (Wildman–Crippen MR) is 69.1 cm³/mol. The second-order valence-corrected chi connectivity index (χ2v) is 4.50. The van der Waals surface area contributed by atoms with Crippen LogP contribution in [0.5, 0.6) is 0 Å². The van der Waals surface area contributed by atoms with Crippen LogP contribution in [0.15, 0.2) is 53.0 Å². The van der Waals surface area contributed by atoms with E-state index in [9.17, 15) is 5.11 Å². The lowest BCUT2D eigenvalue weighted by Crippen LogP contribution is -2.03. The van der Waals surface area contributed by atoms with Crippen molar-refractivity contribution in [3.8, 4) is 0 Å². The highest BCUT2D eigenvalue weighted by Crippen LogP contribution is 2.27. The normalized spacial score (nSPS) is 12.4. The number of rotatable bonds is 2. The van der Waals surface area contributed by atoms with Crippen LogP contribution in [0.25, 0.3) is 0 Å². The van der Waals surface area contributed by atoms with Crippen LogP contribution in [0.4, 0.5) is 5.69 Å². The summed E-state index contributed by atoms with van der Waals surface area (Å²) >= 11 is 3.38. The molecule has 0 saturated heterocycles. The van der Waals surface area contributed by atoms with Crippen molar-refractivity contribution in [2.24, 2.45) is 0 Å². The first-order valence-electron chi connectivity index (χ1n) is 4.96. The van der Waals surface area contributed by atoms with Crippen molar-refractivity contribution >= 4 is 21.6 Å². The van der Waals surface area contributed by atoms with E-state index in [0.29, 0.717) is 5.69 Å². The average Bonchev–Trinajstić information content (AvgIpc) is 2.29. The maximum absolute atomic E-state index is 10.2. The standard InChI is InChI=1S/C13H12BrNO/c14-10-5-3-4-9(8-10)13(16)11-6-1-2-7-12(11)15/h1-8,13,16H,15H2. The van der Waals surface area contributed by atoms with Crippen molar-refractivity contribution in [1.82, 2.24) is 0 Å². The van der Waals surface area contributed by atoms with Crippen LogP contribution < -0.4 is 5.73 Å². The topological polar surface area (TPSA) is 46.2 Å². The van der Waals surface area contributed by atoms with E-state index in [0.717, 1.165) is 15.6 Å². The molecule has 2 rings (SSSR count). The Kier molecular flexibility index (Phi) is 3.27. The minimum atomic E-state index is -0.682. The first-order chi connectivity index (χ1) is 7.68. The average molecular weight is 278 g/mol. The van der Waals surface area contributed by atoms with Gasteiger partial charge in [0.1, 0.15) is 6.10 Å². The molecule has 0 amide bonds. The van der Waals surface area contributed by atoms with Gasteiger partial charge in [-0.3, -0.25) is 0 Å². The molecule has 16 heavy (non-hydrogen) atoms. The summed E-state index contributed by atoms with van der Waals surface area (Å²) in [6.07, 6.45) is -0.682. The van der Waals surface area contributed by atoms with Gasteiger partial charge < -0.3 is 10.8 Å². The highest BCUT2D eigenvalue weighted by atomic mass is 79.9. The van der Waals surface area contributed by atoms with Gasteiger partial charge in [0.2, 0.25) is 0 Å². The van der Waals surface area contributed by atoms with E-state index in [2.05, 4.69) is 15.9 Å². The summed E-state index contributed by atoms with van der Waals surface area (Å²) in [6.45, 7) is 0. The first-order valence-corrected chi connectivity index (χ1v) is 5.75. The number of aliphatic hydroxyl groups excluding tert-OH is 1. The van der Waals surface area contributed by atoms with E-state index in [-0.39, 0.29) is 0 Å². The molecular weight excluding hydrogens is 266 g/mol. The molecule has 0 bridgehead atoms. The Morgan fingerprint density at radius 2 is 1.81 bits per heavy atom. The van der Waals surface area contributed by atoms with Crippen molar-refractivity contribution in [3.05, 3.63) is 64.1 Å². The number of halogens is 1. The number of hydrogen-bond acceptors (Lipinski definition) is 2. The van der Waals surface area contributed by atoms with Gasteiger partial charge in [0.25, 0.3) is 0 Å². The lowest BCUT2D eigenvalue weighted by molar-refractivity contribution is 0.221. The maximum Gasteiger partial charge on any atom is 0.106 e. The van der Waals surface area contributed by atoms with Gasteiger partial charge in [-0.05, 0) is 23.8 Å². The second-order valence-electron chi connectivity index (χ2n) is 3.59. The Morgan fingerprint density at radius 1 is 1.06 bits per heavy atom. The molecule has 0 aliphatic rings. The van der Waals surface area contributed by atoms with E-state index in [1.807, 2.05) is 42.5 Å². The lowest BCUT2D eigenvalue weighted by Gasteiger charge is -2.13. The van der Waals surface area contributed by atoms with Crippen LogP contribution >= 0.6 is 15.9 Å². The zero-order chi connectivity index (χ0) is 11.5. The lowest BCUT2D eigenvalue weighted by atomic mass is 10.0. The molecule has 0 saturated carbocycles. The summed E-state index contributed by atoms with van der Waals surface area (Å²) in [5.41, 5.74) is 7.99. The van der Waals surface area contributed by atoms with Crippen LogP contribution in [0.1, 0.15) is 17.2 Å². The van der Waals surface area contributed by atoms with Crippen molar-refractivity contribution in [2.75, 3.05) is 5.73 Å². The van der Waals surface area contributed by atoms with E-state index < -0.39 is 6.10 Å². The molecule has 2 nitrogen and oxygen atoms in total. The van der Waals surface area contributed by atoms with Crippen molar-refractivity contribution in [1.29, 1.82) is 0 Å². The molecule has 2 aromatic carbocycles. The van der Waals surface area contributed by atoms with Gasteiger partial charge in [-0.2, -0.15) is 0 Å². The van der Waals surface area contributed by atoms with E-state index in [1.54, 1.807) is 6.07 Å². The zero-order valence-corrected chi connectivity index (χ0v) is 10.2. The molecule has 3 heteroatoms. The Balaban J connectivity index is 2.39. The monoisotopic (exact) mass is 277 g/mol. The molecule has 2 aromatic rings. The number of para-hydroxylation sites is 1. The van der Waals surface area contributed by atoms with Gasteiger partial charge in [0, 0.05) is 15.7 Å². The Morgan fingerprint density at radius 3 is 2.50 bits per heavy atom. The van der Waals surface area contributed by atoms with Gasteiger partial charge >= 0.3 is 0 Å². The molecule has 0 aromatic heterocycles. The maximum atomic E-state index is 10.2. The van der Waals surface area contributed by atoms with Crippen LogP contribution in [0, 0.1) is 0 Å². The minimum absolute atomic E-state index is 0.606. The molecule has 82 valence electrons. The van der Waals surface area contributed by atoms with E-state index in [1.165, 1.54) is 0 Å². The van der Waals surface area contributed by atoms with Crippen LogP contribution in [0.3, 0.4) is 0 Å². The number of benzene rings is 2. The molecule has 0 aliphatic carbocycles. The molecule has 0 fully saturated rings. The minimum Gasteiger partial charge on any atom is -0.398 e. The van der Waals surface area contributed by atoms with Gasteiger partial charge in [-0.25, -0.2) is 0 Å². The zero-order valence-electron chi connectivity index (χ0n) is 8.60. The Bertz CT molecular complexity index is 499. The fourth-order valence-electron chi connectivity index (χ4n) is 1.62. The Labute approximate surface area is 103 Å². The molecule has 1 unspecified atom stereocenters. The highest BCUT2D eigenvalue weighted by molar-refractivity contribution is 9.10. The fraction of sp³-hybridized carbons (Fsp3) is 0.0769. The fourth-order valence-corrected chi connectivity index (χ4v) is 2.03. The third-order valence-corrected chi connectivity index (χ3v) is 2.95. The van der Waals surface area contributed by atoms with E-state index >= 15 is 0 Å². The van der Waals surface area contributed by atoms with E-state index in [4.69, 9.17) is 5.73 Å². The predicted octanol–water partition coefficient (Wildman–Crippen LogP) is 3.11. The third-order valence-electron chi connectivity index (χ3n) is 2.46. The van der Waals surface area contributed by atoms with Crippen LogP contribution in [-0.2, 0) is 0 Å². The van der Waals surface area contributed by atoms with Crippen molar-refractivity contribution in [3.63, 3.8) is 0 Å². The number of nitrogens with two attached hydrogens (primary N) is 1. The quantitative estimate of drug-likeness (QED) is 0.829. The number of hydrogen-bond donors (Lipinski definition) is 2. The third kappa shape index (κ3) is 2.26. The summed E-state index contributed by atoms with van der Waals surface area (Å²) in [7, 11) is 0. The van der Waals surface area contributed by atoms with Gasteiger partial charge in [0.15, 0.2) is 0 Å². The number of nitrogen functional groups attached to an aromatic ring is 1. The Hall–Kier alpha value is -1.32. The molecule has 1 atom stereocenters. The molecular formula is C13H12BrNO. The van der Waals surface area contributed by atoms with Crippen molar-refractivity contribution < 1.29 is 5.11 Å². The first kappa shape index (κ1) is 11.2. The summed E-state index contributed by atoms with van der Waals surface area (Å²) in [4.78, 5) is 0. The van der Waals surface area contributed by atoms with Gasteiger partial charge in [-0.1, -0.05) is 46.3 Å². The largest absolute Gasteiger partial charge is 0.398 e. The smallest absolute Gasteiger partial charge is 0.106 e. The number of anilines is 1. The molecule has 0 radical (unpaired) electrons. The summed E-state index contributed by atoms with van der Waals surface area (Å²) in [6, 6.07) is 14.9. The summed E-state index contributed by atoms with van der Waals surface area (Å²) < 4.78 is 0.943. The molecule has 3 N–H and O–H groups in total. The van der Waals surface area contributed by atoms with Gasteiger partial charge in [0.05, 0.1) is 0 Å².